The zero-order valence-corrected chi connectivity index (χ0v) is 14.4. The fourth-order valence-corrected chi connectivity index (χ4v) is 5.33. The SMILES string of the molecule is c1coc(-c2nc(CN3CCc4sccc4[C@@H]3C3CC3)cs2)c1. The van der Waals surface area contributed by atoms with Crippen LogP contribution in [0, 0.1) is 5.92 Å². The number of thiazole rings is 1. The maximum atomic E-state index is 5.46. The molecular formula is C18H18N2OS2. The number of hydrogen-bond donors (Lipinski definition) is 0. The Morgan fingerprint density at radius 1 is 1.26 bits per heavy atom. The van der Waals surface area contributed by atoms with Crippen molar-refractivity contribution in [1.29, 1.82) is 0 Å². The van der Waals surface area contributed by atoms with Gasteiger partial charge in [-0.05, 0) is 54.3 Å². The zero-order chi connectivity index (χ0) is 15.2. The van der Waals surface area contributed by atoms with Gasteiger partial charge in [0.05, 0.1) is 12.0 Å². The van der Waals surface area contributed by atoms with Gasteiger partial charge in [-0.1, -0.05) is 0 Å². The van der Waals surface area contributed by atoms with Gasteiger partial charge in [0.15, 0.2) is 10.8 Å². The molecule has 1 aliphatic heterocycles. The Balaban J connectivity index is 1.40. The van der Waals surface area contributed by atoms with E-state index in [0.717, 1.165) is 29.8 Å². The van der Waals surface area contributed by atoms with Gasteiger partial charge >= 0.3 is 0 Å². The lowest BCUT2D eigenvalue weighted by molar-refractivity contribution is 0.156. The zero-order valence-electron chi connectivity index (χ0n) is 12.8. The van der Waals surface area contributed by atoms with Gasteiger partial charge in [-0.2, -0.15) is 0 Å². The lowest BCUT2D eigenvalue weighted by atomic mass is 9.96. The number of thiophene rings is 1. The smallest absolute Gasteiger partial charge is 0.162 e. The average Bonchev–Trinajstić information content (AvgIpc) is 3.01. The van der Waals surface area contributed by atoms with Gasteiger partial charge in [0, 0.05) is 29.4 Å². The van der Waals surface area contributed by atoms with Crippen molar-refractivity contribution in [3.8, 4) is 10.8 Å². The van der Waals surface area contributed by atoms with E-state index < -0.39 is 0 Å². The molecule has 1 fully saturated rings. The van der Waals surface area contributed by atoms with Crippen LogP contribution in [0.2, 0.25) is 0 Å². The number of hydrogen-bond acceptors (Lipinski definition) is 5. The molecule has 0 radical (unpaired) electrons. The van der Waals surface area contributed by atoms with Crippen molar-refractivity contribution >= 4 is 22.7 Å². The summed E-state index contributed by atoms with van der Waals surface area (Å²) in [4.78, 5) is 9.04. The quantitative estimate of drug-likeness (QED) is 0.670. The molecule has 0 aromatic carbocycles. The van der Waals surface area contributed by atoms with Crippen LogP contribution in [-0.2, 0) is 13.0 Å². The van der Waals surface area contributed by atoms with E-state index in [1.807, 2.05) is 23.5 Å². The highest BCUT2D eigenvalue weighted by Gasteiger charge is 2.39. The Morgan fingerprint density at radius 3 is 3.04 bits per heavy atom. The molecule has 0 saturated heterocycles. The highest BCUT2D eigenvalue weighted by molar-refractivity contribution is 7.13. The first-order valence-corrected chi connectivity index (χ1v) is 9.93. The van der Waals surface area contributed by atoms with Gasteiger partial charge in [0.25, 0.3) is 0 Å². The van der Waals surface area contributed by atoms with Crippen molar-refractivity contribution in [2.24, 2.45) is 5.92 Å². The van der Waals surface area contributed by atoms with Crippen LogP contribution in [0.5, 0.6) is 0 Å². The first-order chi connectivity index (χ1) is 11.4. The van der Waals surface area contributed by atoms with Crippen LogP contribution >= 0.6 is 22.7 Å². The largest absolute Gasteiger partial charge is 0.462 e. The maximum absolute atomic E-state index is 5.46. The Labute approximate surface area is 143 Å². The summed E-state index contributed by atoms with van der Waals surface area (Å²) < 4.78 is 5.46. The first kappa shape index (κ1) is 14.0. The lowest BCUT2D eigenvalue weighted by Crippen LogP contribution is -2.35. The van der Waals surface area contributed by atoms with E-state index in [9.17, 15) is 0 Å². The van der Waals surface area contributed by atoms with Crippen molar-refractivity contribution in [2.45, 2.75) is 31.8 Å². The maximum Gasteiger partial charge on any atom is 0.162 e. The molecule has 0 amide bonds. The average molecular weight is 342 g/mol. The normalized spacial score (nSPS) is 21.5. The first-order valence-electron chi connectivity index (χ1n) is 8.17. The number of fused-ring (bicyclic) bond motifs is 1. The van der Waals surface area contributed by atoms with Gasteiger partial charge < -0.3 is 4.42 Å². The summed E-state index contributed by atoms with van der Waals surface area (Å²) in [5, 5.41) is 5.44. The van der Waals surface area contributed by atoms with Crippen LogP contribution in [0.3, 0.4) is 0 Å². The monoisotopic (exact) mass is 342 g/mol. The Kier molecular flexibility index (Phi) is 3.39. The van der Waals surface area contributed by atoms with E-state index in [4.69, 9.17) is 9.40 Å². The molecule has 5 rings (SSSR count). The Bertz CT molecular complexity index is 801. The number of aromatic nitrogens is 1. The van der Waals surface area contributed by atoms with E-state index >= 15 is 0 Å². The molecule has 1 saturated carbocycles. The van der Waals surface area contributed by atoms with Crippen molar-refractivity contribution in [1.82, 2.24) is 9.88 Å². The molecule has 3 aromatic rings. The third-order valence-electron chi connectivity index (χ3n) is 4.84. The summed E-state index contributed by atoms with van der Waals surface area (Å²) in [6.45, 7) is 2.11. The summed E-state index contributed by atoms with van der Waals surface area (Å²) in [7, 11) is 0. The molecule has 4 heterocycles. The second-order valence-corrected chi connectivity index (χ2v) is 8.28. The third kappa shape index (κ3) is 2.57. The second-order valence-electron chi connectivity index (χ2n) is 6.42. The predicted molar refractivity (Wildman–Crippen MR) is 93.7 cm³/mol. The van der Waals surface area contributed by atoms with Gasteiger partial charge in [-0.15, -0.1) is 22.7 Å². The molecule has 0 N–H and O–H groups in total. The van der Waals surface area contributed by atoms with Gasteiger partial charge in [0.1, 0.15) is 0 Å². The Hall–Kier alpha value is -1.43. The second kappa shape index (κ2) is 5.58. The van der Waals surface area contributed by atoms with Crippen molar-refractivity contribution < 1.29 is 4.42 Å². The minimum Gasteiger partial charge on any atom is -0.462 e. The van der Waals surface area contributed by atoms with E-state index in [2.05, 4.69) is 21.7 Å². The molecule has 0 spiro atoms. The fraction of sp³-hybridized carbons (Fsp3) is 0.389. The van der Waals surface area contributed by atoms with Crippen molar-refractivity contribution in [3.63, 3.8) is 0 Å². The summed E-state index contributed by atoms with van der Waals surface area (Å²) in [5.74, 6) is 1.73. The van der Waals surface area contributed by atoms with E-state index in [-0.39, 0.29) is 0 Å². The molecule has 5 heteroatoms. The topological polar surface area (TPSA) is 29.3 Å². The van der Waals surface area contributed by atoms with Gasteiger partial charge in [-0.3, -0.25) is 4.90 Å². The number of nitrogens with zero attached hydrogens (tertiary/aromatic N) is 2. The molecule has 118 valence electrons. The van der Waals surface area contributed by atoms with E-state index in [0.29, 0.717) is 6.04 Å². The van der Waals surface area contributed by atoms with Crippen molar-refractivity contribution in [2.75, 3.05) is 6.54 Å². The molecule has 1 aliphatic carbocycles. The minimum absolute atomic E-state index is 0.610. The lowest BCUT2D eigenvalue weighted by Gasteiger charge is -2.35. The third-order valence-corrected chi connectivity index (χ3v) is 6.74. The standard InChI is InChI=1S/C18H18N2OS2/c1-2-15(21-8-1)18-19-13(11-23-18)10-20-7-5-16-14(6-9-22-16)17(20)12-3-4-12/h1-2,6,8-9,11-12,17H,3-5,7,10H2/t17-/m0/s1. The summed E-state index contributed by atoms with van der Waals surface area (Å²) in [6.07, 6.45) is 5.66. The predicted octanol–water partition coefficient (Wildman–Crippen LogP) is 4.97. The van der Waals surface area contributed by atoms with Gasteiger partial charge in [0.2, 0.25) is 0 Å². The van der Waals surface area contributed by atoms with Crippen LogP contribution in [-0.4, -0.2) is 16.4 Å². The van der Waals surface area contributed by atoms with E-state index in [1.54, 1.807) is 28.0 Å². The highest BCUT2D eigenvalue weighted by Crippen LogP contribution is 2.48. The fourth-order valence-electron chi connectivity index (χ4n) is 3.64. The highest BCUT2D eigenvalue weighted by atomic mass is 32.1. The molecule has 0 unspecified atom stereocenters. The molecule has 0 bridgehead atoms. The number of furan rings is 1. The molecule has 2 aliphatic rings. The van der Waals surface area contributed by atoms with Crippen LogP contribution < -0.4 is 0 Å². The minimum atomic E-state index is 0.610. The van der Waals surface area contributed by atoms with Crippen LogP contribution in [0.25, 0.3) is 10.8 Å². The summed E-state index contributed by atoms with van der Waals surface area (Å²) in [6, 6.07) is 6.86. The molecule has 3 aromatic heterocycles. The molecule has 3 nitrogen and oxygen atoms in total. The molecule has 1 atom stereocenters. The van der Waals surface area contributed by atoms with Crippen LogP contribution in [0.1, 0.15) is 35.0 Å². The Morgan fingerprint density at radius 2 is 2.22 bits per heavy atom. The van der Waals surface area contributed by atoms with E-state index in [1.165, 1.54) is 25.0 Å². The van der Waals surface area contributed by atoms with Crippen LogP contribution in [0.15, 0.2) is 39.6 Å². The summed E-state index contributed by atoms with van der Waals surface area (Å²) in [5.41, 5.74) is 2.76. The molecule has 23 heavy (non-hydrogen) atoms. The number of rotatable bonds is 4. The van der Waals surface area contributed by atoms with Gasteiger partial charge in [-0.25, -0.2) is 4.98 Å². The van der Waals surface area contributed by atoms with Crippen LogP contribution in [0.4, 0.5) is 0 Å². The summed E-state index contributed by atoms with van der Waals surface area (Å²) >= 11 is 3.61. The molecular weight excluding hydrogens is 324 g/mol. The van der Waals surface area contributed by atoms with Crippen molar-refractivity contribution in [3.05, 3.63) is 51.4 Å².